The van der Waals surface area contributed by atoms with Gasteiger partial charge in [0.2, 0.25) is 0 Å². The van der Waals surface area contributed by atoms with E-state index in [-0.39, 0.29) is 24.3 Å². The van der Waals surface area contributed by atoms with Crippen LogP contribution >= 0.6 is 0 Å². The maximum absolute atomic E-state index is 12.1. The van der Waals surface area contributed by atoms with E-state index in [1.807, 2.05) is 20.8 Å². The molecule has 1 amide bonds. The molecule has 3 rings (SSSR count). The van der Waals surface area contributed by atoms with E-state index in [1.165, 1.54) is 6.42 Å². The number of carbonyl (C=O) groups is 1. The van der Waals surface area contributed by atoms with Crippen molar-refractivity contribution in [2.75, 3.05) is 26.4 Å². The second-order valence-corrected chi connectivity index (χ2v) is 7.98. The Hall–Kier alpha value is -0.850. The summed E-state index contributed by atoms with van der Waals surface area (Å²) in [7, 11) is 0. The minimum Gasteiger partial charge on any atom is -0.444 e. The summed E-state index contributed by atoms with van der Waals surface area (Å²) in [6.07, 6.45) is 3.24. The van der Waals surface area contributed by atoms with Crippen LogP contribution in [0.3, 0.4) is 0 Å². The Kier molecular flexibility index (Phi) is 5.13. The molecule has 6 heteroatoms. The topological polar surface area (TPSA) is 68.8 Å². The lowest BCUT2D eigenvalue weighted by molar-refractivity contribution is -0.0378. The highest BCUT2D eigenvalue weighted by molar-refractivity contribution is 5.68. The molecule has 5 unspecified atom stereocenters. The first-order valence-electron chi connectivity index (χ1n) is 8.86. The predicted octanol–water partition coefficient (Wildman–Crippen LogP) is 1.68. The molecule has 0 bridgehead atoms. The minimum absolute atomic E-state index is 0.0989. The van der Waals surface area contributed by atoms with Crippen LogP contribution in [0.4, 0.5) is 4.79 Å². The normalized spacial score (nSPS) is 36.9. The summed E-state index contributed by atoms with van der Waals surface area (Å²) in [5.41, 5.74) is -0.470. The smallest absolute Gasteiger partial charge is 0.407 e. The number of hydrogen-bond acceptors (Lipinski definition) is 5. The summed E-state index contributed by atoms with van der Waals surface area (Å²) in [5.74, 6) is 0.967. The lowest BCUT2D eigenvalue weighted by Gasteiger charge is -2.48. The highest BCUT2D eigenvalue weighted by atomic mass is 16.6. The largest absolute Gasteiger partial charge is 0.444 e. The molecular weight excluding hydrogens is 296 g/mol. The fourth-order valence-electron chi connectivity index (χ4n) is 3.86. The number of carbonyl (C=O) groups excluding carboxylic acids is 1. The van der Waals surface area contributed by atoms with Crippen molar-refractivity contribution in [3.8, 4) is 0 Å². The maximum Gasteiger partial charge on any atom is 0.407 e. The van der Waals surface area contributed by atoms with Crippen molar-refractivity contribution in [1.82, 2.24) is 10.6 Å². The molecule has 132 valence electrons. The molecule has 1 aliphatic carbocycles. The number of hydrogen-bond donors (Lipinski definition) is 2. The SMILES string of the molecule is CC(C)(C)OC(=O)NC1C2CCOC2C1NCC1CCCOC1. The lowest BCUT2D eigenvalue weighted by Crippen LogP contribution is -2.70. The third-order valence-corrected chi connectivity index (χ3v) is 4.97. The monoisotopic (exact) mass is 326 g/mol. The molecular formula is C17H30N2O4. The van der Waals surface area contributed by atoms with Gasteiger partial charge < -0.3 is 24.8 Å². The molecule has 2 saturated heterocycles. The van der Waals surface area contributed by atoms with Crippen LogP contribution in [0.5, 0.6) is 0 Å². The average Bonchev–Trinajstić information content (AvgIpc) is 2.89. The molecule has 2 heterocycles. The zero-order valence-electron chi connectivity index (χ0n) is 14.5. The van der Waals surface area contributed by atoms with Crippen molar-refractivity contribution in [1.29, 1.82) is 0 Å². The van der Waals surface area contributed by atoms with Gasteiger partial charge in [0.05, 0.1) is 24.8 Å². The highest BCUT2D eigenvalue weighted by Crippen LogP contribution is 2.39. The van der Waals surface area contributed by atoms with Gasteiger partial charge in [0.25, 0.3) is 0 Å². The van der Waals surface area contributed by atoms with E-state index in [2.05, 4.69) is 10.6 Å². The Morgan fingerprint density at radius 2 is 2.04 bits per heavy atom. The first kappa shape index (κ1) is 17.0. The number of rotatable bonds is 4. The van der Waals surface area contributed by atoms with Crippen LogP contribution in [0, 0.1) is 11.8 Å². The summed E-state index contributed by atoms with van der Waals surface area (Å²) >= 11 is 0. The summed E-state index contributed by atoms with van der Waals surface area (Å²) in [5, 5.41) is 6.65. The molecule has 0 aromatic heterocycles. The van der Waals surface area contributed by atoms with Crippen LogP contribution in [-0.4, -0.2) is 56.2 Å². The van der Waals surface area contributed by atoms with E-state index in [9.17, 15) is 4.79 Å². The zero-order chi connectivity index (χ0) is 16.4. The van der Waals surface area contributed by atoms with Crippen molar-refractivity contribution in [3.63, 3.8) is 0 Å². The fraction of sp³-hybridized carbons (Fsp3) is 0.941. The van der Waals surface area contributed by atoms with Gasteiger partial charge >= 0.3 is 6.09 Å². The number of amides is 1. The number of alkyl carbamates (subject to hydrolysis) is 1. The van der Waals surface area contributed by atoms with Gasteiger partial charge in [-0.25, -0.2) is 4.79 Å². The second-order valence-electron chi connectivity index (χ2n) is 7.98. The molecule has 0 radical (unpaired) electrons. The average molecular weight is 326 g/mol. The zero-order valence-corrected chi connectivity index (χ0v) is 14.5. The van der Waals surface area contributed by atoms with Crippen molar-refractivity contribution in [2.24, 2.45) is 11.8 Å². The minimum atomic E-state index is -0.470. The summed E-state index contributed by atoms with van der Waals surface area (Å²) in [6.45, 7) is 9.07. The van der Waals surface area contributed by atoms with E-state index < -0.39 is 5.60 Å². The van der Waals surface area contributed by atoms with E-state index in [0.717, 1.165) is 39.2 Å². The number of fused-ring (bicyclic) bond motifs is 1. The fourth-order valence-corrected chi connectivity index (χ4v) is 3.86. The van der Waals surface area contributed by atoms with Gasteiger partial charge in [-0.05, 0) is 46.0 Å². The van der Waals surface area contributed by atoms with Crippen molar-refractivity contribution in [2.45, 2.75) is 63.8 Å². The van der Waals surface area contributed by atoms with Crippen molar-refractivity contribution in [3.05, 3.63) is 0 Å². The second kappa shape index (κ2) is 6.95. The van der Waals surface area contributed by atoms with Gasteiger partial charge in [-0.1, -0.05) is 0 Å². The molecule has 0 spiro atoms. The molecule has 23 heavy (non-hydrogen) atoms. The molecule has 2 N–H and O–H groups in total. The van der Waals surface area contributed by atoms with E-state index >= 15 is 0 Å². The van der Waals surface area contributed by atoms with Crippen LogP contribution in [0.1, 0.15) is 40.0 Å². The quantitative estimate of drug-likeness (QED) is 0.823. The third kappa shape index (κ3) is 4.17. The summed E-state index contributed by atoms with van der Waals surface area (Å²) in [4.78, 5) is 12.1. The molecule has 3 fully saturated rings. The van der Waals surface area contributed by atoms with E-state index in [0.29, 0.717) is 11.8 Å². The van der Waals surface area contributed by atoms with Gasteiger partial charge in [-0.3, -0.25) is 0 Å². The predicted molar refractivity (Wildman–Crippen MR) is 86.3 cm³/mol. The van der Waals surface area contributed by atoms with Gasteiger partial charge in [0.15, 0.2) is 0 Å². The van der Waals surface area contributed by atoms with Crippen LogP contribution in [0.25, 0.3) is 0 Å². The van der Waals surface area contributed by atoms with Gasteiger partial charge in [0, 0.05) is 25.7 Å². The number of ether oxygens (including phenoxy) is 3. The van der Waals surface area contributed by atoms with Gasteiger partial charge in [-0.2, -0.15) is 0 Å². The molecule has 5 atom stereocenters. The molecule has 1 saturated carbocycles. The van der Waals surface area contributed by atoms with Crippen molar-refractivity contribution >= 4 is 6.09 Å². The summed E-state index contributed by atoms with van der Waals surface area (Å²) in [6, 6.07) is 0.277. The van der Waals surface area contributed by atoms with E-state index in [4.69, 9.17) is 14.2 Å². The molecule has 2 aliphatic heterocycles. The van der Waals surface area contributed by atoms with Crippen LogP contribution in [0.15, 0.2) is 0 Å². The van der Waals surface area contributed by atoms with E-state index in [1.54, 1.807) is 0 Å². The molecule has 6 nitrogen and oxygen atoms in total. The Morgan fingerprint density at radius 3 is 2.74 bits per heavy atom. The first-order valence-corrected chi connectivity index (χ1v) is 8.86. The Morgan fingerprint density at radius 1 is 1.22 bits per heavy atom. The Labute approximate surface area is 138 Å². The number of nitrogens with one attached hydrogen (secondary N) is 2. The van der Waals surface area contributed by atoms with Gasteiger partial charge in [-0.15, -0.1) is 0 Å². The van der Waals surface area contributed by atoms with Crippen molar-refractivity contribution < 1.29 is 19.0 Å². The molecule has 0 aromatic carbocycles. The Balaban J connectivity index is 1.51. The van der Waals surface area contributed by atoms with Crippen LogP contribution in [0.2, 0.25) is 0 Å². The highest BCUT2D eigenvalue weighted by Gasteiger charge is 2.54. The molecule has 3 aliphatic rings. The maximum atomic E-state index is 12.1. The first-order chi connectivity index (χ1) is 10.9. The van der Waals surface area contributed by atoms with Gasteiger partial charge in [0.1, 0.15) is 5.60 Å². The standard InChI is InChI=1S/C17H30N2O4/c1-17(2,3)23-16(20)19-13-12-6-8-22-15(12)14(13)18-9-11-5-4-7-21-10-11/h11-15,18H,4-10H2,1-3H3,(H,19,20). The lowest BCUT2D eigenvalue weighted by atomic mass is 9.71. The van der Waals surface area contributed by atoms with Crippen LogP contribution in [-0.2, 0) is 14.2 Å². The Bertz CT molecular complexity index is 417. The van der Waals surface area contributed by atoms with Crippen LogP contribution < -0.4 is 10.6 Å². The third-order valence-electron chi connectivity index (χ3n) is 4.97. The molecule has 0 aromatic rings. The summed E-state index contributed by atoms with van der Waals surface area (Å²) < 4.78 is 16.8.